The Morgan fingerprint density at radius 3 is 1.47 bits per heavy atom. The Balaban J connectivity index is 2.06. The number of rotatable bonds is 18. The molecule has 0 bridgehead atoms. The minimum atomic E-state index is -0.391. The lowest BCUT2D eigenvalue weighted by molar-refractivity contribution is -0.147. The monoisotopic (exact) mass is 524 g/mol. The minimum Gasteiger partial charge on any atom is -0.490 e. The summed E-state index contributed by atoms with van der Waals surface area (Å²) in [6.45, 7) is 15.5. The number of hydrogen-bond acceptors (Lipinski definition) is 6. The van der Waals surface area contributed by atoms with E-state index in [1.807, 2.05) is 36.4 Å². The summed E-state index contributed by atoms with van der Waals surface area (Å²) < 4.78 is 23.3. The molecule has 2 aromatic carbocycles. The quantitative estimate of drug-likeness (QED) is 0.113. The summed E-state index contributed by atoms with van der Waals surface area (Å²) in [5.41, 5.74) is 0.761. The Morgan fingerprint density at radius 2 is 1.11 bits per heavy atom. The second kappa shape index (κ2) is 16.5. The van der Waals surface area contributed by atoms with Crippen LogP contribution in [0.3, 0.4) is 0 Å². The number of esters is 2. The van der Waals surface area contributed by atoms with E-state index in [0.29, 0.717) is 22.6 Å². The molecule has 2 unspecified atom stereocenters. The van der Waals surface area contributed by atoms with Crippen LogP contribution in [0.25, 0.3) is 10.8 Å². The fraction of sp³-hybridized carbons (Fsp3) is 0.500. The molecule has 0 aliphatic heterocycles. The zero-order chi connectivity index (χ0) is 27.9. The van der Waals surface area contributed by atoms with E-state index in [1.165, 1.54) is 0 Å². The lowest BCUT2D eigenvalue weighted by Gasteiger charge is -2.19. The van der Waals surface area contributed by atoms with Crippen molar-refractivity contribution in [1.82, 2.24) is 0 Å². The van der Waals surface area contributed by atoms with Gasteiger partial charge in [-0.3, -0.25) is 0 Å². The van der Waals surface area contributed by atoms with Gasteiger partial charge in [-0.15, -0.1) is 0 Å². The maximum Gasteiger partial charge on any atom is 0.333 e. The average molecular weight is 525 g/mol. The molecule has 0 spiro atoms. The lowest BCUT2D eigenvalue weighted by Crippen LogP contribution is -2.25. The van der Waals surface area contributed by atoms with Gasteiger partial charge >= 0.3 is 11.9 Å². The van der Waals surface area contributed by atoms with E-state index in [1.54, 1.807) is 13.8 Å². The maximum atomic E-state index is 12.1. The summed E-state index contributed by atoms with van der Waals surface area (Å²) in [5, 5.41) is 2.01. The van der Waals surface area contributed by atoms with E-state index in [-0.39, 0.29) is 25.4 Å². The van der Waals surface area contributed by atoms with Crippen LogP contribution < -0.4 is 9.47 Å². The first-order valence-corrected chi connectivity index (χ1v) is 13.8. The maximum absolute atomic E-state index is 12.1. The average Bonchev–Trinajstić information content (AvgIpc) is 2.89. The van der Waals surface area contributed by atoms with E-state index in [0.717, 1.165) is 62.1 Å². The first-order chi connectivity index (χ1) is 18.2. The fourth-order valence-corrected chi connectivity index (χ4v) is 3.86. The van der Waals surface area contributed by atoms with Crippen molar-refractivity contribution >= 4 is 22.7 Å². The number of fused-ring (bicyclic) bond motifs is 1. The first kappa shape index (κ1) is 30.9. The summed E-state index contributed by atoms with van der Waals surface area (Å²) in [7, 11) is 0. The van der Waals surface area contributed by atoms with Crippen LogP contribution in [0.1, 0.15) is 79.1 Å². The summed E-state index contributed by atoms with van der Waals surface area (Å²) >= 11 is 0. The molecule has 0 N–H and O–H groups in total. The molecule has 38 heavy (non-hydrogen) atoms. The summed E-state index contributed by atoms with van der Waals surface area (Å²) in [5.74, 6) is 0.596. The molecule has 0 saturated heterocycles. The smallest absolute Gasteiger partial charge is 0.333 e. The Morgan fingerprint density at radius 1 is 0.684 bits per heavy atom. The standard InChI is InChI=1S/C32H44O6/c1-7-9-11-13-29(37-31(33)23(3)4)21-35-27-17-15-25-16-18-28(20-26(25)19-27)36-22-30(14-12-10-8-2)38-32(34)24(5)6/h15-20,29-30H,3,5,7-14,21-22H2,1-2,4,6H3. The van der Waals surface area contributed by atoms with Crippen molar-refractivity contribution < 1.29 is 28.5 Å². The lowest BCUT2D eigenvalue weighted by atomic mass is 10.1. The first-order valence-electron chi connectivity index (χ1n) is 13.8. The molecule has 0 fully saturated rings. The molecule has 2 aromatic rings. The number of carbonyl (C=O) groups is 2. The molecule has 6 heteroatoms. The molecule has 0 aromatic heterocycles. The molecule has 6 nitrogen and oxygen atoms in total. The summed E-state index contributed by atoms with van der Waals surface area (Å²) in [6.07, 6.45) is 7.09. The van der Waals surface area contributed by atoms with Crippen molar-refractivity contribution in [2.24, 2.45) is 0 Å². The second-order valence-electron chi connectivity index (χ2n) is 9.90. The zero-order valence-corrected chi connectivity index (χ0v) is 23.6. The van der Waals surface area contributed by atoms with Gasteiger partial charge < -0.3 is 18.9 Å². The van der Waals surface area contributed by atoms with Crippen LogP contribution in [0.5, 0.6) is 11.5 Å². The van der Waals surface area contributed by atoms with Gasteiger partial charge in [-0.2, -0.15) is 0 Å². The fourth-order valence-electron chi connectivity index (χ4n) is 3.86. The van der Waals surface area contributed by atoms with Gasteiger partial charge in [-0.25, -0.2) is 9.59 Å². The number of ether oxygens (including phenoxy) is 4. The van der Waals surface area contributed by atoms with Gasteiger partial charge in [0.2, 0.25) is 0 Å². The zero-order valence-electron chi connectivity index (χ0n) is 23.6. The van der Waals surface area contributed by atoms with Gasteiger partial charge in [0.15, 0.2) is 0 Å². The third kappa shape index (κ3) is 11.0. The largest absolute Gasteiger partial charge is 0.490 e. The highest BCUT2D eigenvalue weighted by atomic mass is 16.6. The molecule has 2 rings (SSSR count). The normalized spacial score (nSPS) is 12.4. The minimum absolute atomic E-state index is 0.276. The van der Waals surface area contributed by atoms with Crippen LogP contribution in [-0.4, -0.2) is 37.4 Å². The van der Waals surface area contributed by atoms with E-state index < -0.39 is 11.9 Å². The van der Waals surface area contributed by atoms with E-state index >= 15 is 0 Å². The van der Waals surface area contributed by atoms with Crippen LogP contribution >= 0.6 is 0 Å². The van der Waals surface area contributed by atoms with Crippen LogP contribution in [0.4, 0.5) is 0 Å². The van der Waals surface area contributed by atoms with Crippen molar-refractivity contribution in [2.75, 3.05) is 13.2 Å². The van der Waals surface area contributed by atoms with Gasteiger partial charge in [0.05, 0.1) is 0 Å². The van der Waals surface area contributed by atoms with Gasteiger partial charge in [-0.05, 0) is 74.6 Å². The molecule has 0 amide bonds. The van der Waals surface area contributed by atoms with Crippen molar-refractivity contribution in [1.29, 1.82) is 0 Å². The number of unbranched alkanes of at least 4 members (excludes halogenated alkanes) is 4. The van der Waals surface area contributed by atoms with E-state index in [4.69, 9.17) is 18.9 Å². The Hall–Kier alpha value is -3.28. The molecule has 0 saturated carbocycles. The topological polar surface area (TPSA) is 71.1 Å². The van der Waals surface area contributed by atoms with E-state index in [2.05, 4.69) is 27.0 Å². The van der Waals surface area contributed by atoms with Crippen LogP contribution in [-0.2, 0) is 19.1 Å². The van der Waals surface area contributed by atoms with Crippen molar-refractivity contribution in [3.8, 4) is 11.5 Å². The summed E-state index contributed by atoms with van der Waals surface area (Å²) in [6, 6.07) is 11.7. The van der Waals surface area contributed by atoms with Gasteiger partial charge in [0, 0.05) is 11.1 Å². The van der Waals surface area contributed by atoms with Crippen molar-refractivity contribution in [3.63, 3.8) is 0 Å². The third-order valence-corrected chi connectivity index (χ3v) is 6.16. The van der Waals surface area contributed by atoms with E-state index in [9.17, 15) is 9.59 Å². The molecule has 2 atom stereocenters. The van der Waals surface area contributed by atoms with Crippen molar-refractivity contribution in [2.45, 2.75) is 91.3 Å². The Labute approximate surface area is 228 Å². The van der Waals surface area contributed by atoms with Gasteiger partial charge in [-0.1, -0.05) is 64.8 Å². The molecule has 0 aliphatic rings. The molecule has 0 heterocycles. The van der Waals surface area contributed by atoms with Crippen molar-refractivity contribution in [3.05, 3.63) is 60.7 Å². The third-order valence-electron chi connectivity index (χ3n) is 6.16. The predicted octanol–water partition coefficient (Wildman–Crippen LogP) is 7.73. The van der Waals surface area contributed by atoms with Gasteiger partial charge in [0.25, 0.3) is 0 Å². The highest BCUT2D eigenvalue weighted by molar-refractivity contribution is 5.87. The van der Waals surface area contributed by atoms with Crippen LogP contribution in [0.2, 0.25) is 0 Å². The second-order valence-corrected chi connectivity index (χ2v) is 9.90. The highest BCUT2D eigenvalue weighted by Crippen LogP contribution is 2.26. The molecule has 0 radical (unpaired) electrons. The highest BCUT2D eigenvalue weighted by Gasteiger charge is 2.17. The van der Waals surface area contributed by atoms with Crippen LogP contribution in [0.15, 0.2) is 60.7 Å². The van der Waals surface area contributed by atoms with Crippen LogP contribution in [0, 0.1) is 0 Å². The number of hydrogen-bond donors (Lipinski definition) is 0. The number of benzene rings is 2. The van der Waals surface area contributed by atoms with Gasteiger partial charge in [0.1, 0.15) is 36.9 Å². The molecular weight excluding hydrogens is 480 g/mol. The summed E-state index contributed by atoms with van der Waals surface area (Å²) in [4.78, 5) is 24.1. The molecule has 208 valence electrons. The molecular formula is C32H44O6. The SMILES string of the molecule is C=C(C)C(=O)OC(CCCCC)COc1ccc2ccc(OCC(CCCCC)OC(=O)C(=C)C)cc2c1. The molecule has 0 aliphatic carbocycles. The predicted molar refractivity (Wildman–Crippen MR) is 153 cm³/mol. The number of carbonyl (C=O) groups excluding carboxylic acids is 2. The Bertz CT molecular complexity index is 992. The Kier molecular flexibility index (Phi) is 13.5.